The zero-order valence-electron chi connectivity index (χ0n) is 21.6. The van der Waals surface area contributed by atoms with Gasteiger partial charge in [0.1, 0.15) is 0 Å². The lowest BCUT2D eigenvalue weighted by Gasteiger charge is -2.30. The van der Waals surface area contributed by atoms with Crippen molar-refractivity contribution in [1.29, 1.82) is 0 Å². The van der Waals surface area contributed by atoms with Crippen molar-refractivity contribution in [3.8, 4) is 0 Å². The van der Waals surface area contributed by atoms with E-state index in [0.29, 0.717) is 43.5 Å². The van der Waals surface area contributed by atoms with Crippen LogP contribution in [0.4, 0.5) is 5.69 Å². The average molecular weight is 502 g/mol. The number of amides is 2. The first-order valence-corrected chi connectivity index (χ1v) is 13.2. The molecule has 1 N–H and O–H groups in total. The lowest BCUT2D eigenvalue weighted by Crippen LogP contribution is -2.41. The Bertz CT molecular complexity index is 960. The summed E-state index contributed by atoms with van der Waals surface area (Å²) >= 11 is 6.40. The van der Waals surface area contributed by atoms with Crippen LogP contribution in [-0.2, 0) is 22.6 Å². The van der Waals surface area contributed by atoms with E-state index in [2.05, 4.69) is 42.8 Å². The van der Waals surface area contributed by atoms with Crippen molar-refractivity contribution >= 4 is 29.1 Å². The molecule has 3 rings (SSSR count). The van der Waals surface area contributed by atoms with Gasteiger partial charge in [-0.05, 0) is 62.3 Å². The van der Waals surface area contributed by atoms with Gasteiger partial charge in [-0.15, -0.1) is 0 Å². The molecule has 0 spiro atoms. The number of aromatic nitrogens is 2. The molecule has 0 saturated carbocycles. The Hall–Kier alpha value is -2.38. The second-order valence-electron chi connectivity index (χ2n) is 10.2. The number of aryl methyl sites for hydroxylation is 1. The van der Waals surface area contributed by atoms with Crippen molar-refractivity contribution in [3.63, 3.8) is 0 Å². The molecule has 0 radical (unpaired) electrons. The summed E-state index contributed by atoms with van der Waals surface area (Å²) in [4.78, 5) is 32.9. The number of anilines is 1. The number of carbonyl (C=O) groups excluding carboxylic acids is 2. The van der Waals surface area contributed by atoms with Gasteiger partial charge in [0.25, 0.3) is 0 Å². The van der Waals surface area contributed by atoms with Crippen LogP contribution in [0.3, 0.4) is 0 Å². The van der Waals surface area contributed by atoms with E-state index < -0.39 is 0 Å². The van der Waals surface area contributed by atoms with Gasteiger partial charge in [-0.2, -0.15) is 5.10 Å². The van der Waals surface area contributed by atoms with Gasteiger partial charge in [0.05, 0.1) is 11.9 Å². The van der Waals surface area contributed by atoms with Gasteiger partial charge < -0.3 is 9.80 Å². The number of rotatable bonds is 7. The molecule has 8 heteroatoms. The maximum absolute atomic E-state index is 13.4. The quantitative estimate of drug-likeness (QED) is 0.585. The third-order valence-electron chi connectivity index (χ3n) is 6.56. The Kier molecular flexibility index (Phi) is 10.2. The van der Waals surface area contributed by atoms with E-state index in [1.165, 1.54) is 0 Å². The van der Waals surface area contributed by atoms with Crippen LogP contribution in [-0.4, -0.2) is 64.0 Å². The van der Waals surface area contributed by atoms with Crippen LogP contribution in [0.15, 0.2) is 30.6 Å². The maximum Gasteiger partial charge on any atom is 0.227 e. The van der Waals surface area contributed by atoms with Crippen molar-refractivity contribution in [3.05, 3.63) is 46.7 Å². The zero-order valence-corrected chi connectivity index (χ0v) is 22.4. The highest BCUT2D eigenvalue weighted by molar-refractivity contribution is 6.31. The van der Waals surface area contributed by atoms with Crippen LogP contribution >= 0.6 is 11.6 Å². The number of H-pyrrole nitrogens is 1. The van der Waals surface area contributed by atoms with Crippen LogP contribution in [0.25, 0.3) is 0 Å². The number of carbonyl (C=O) groups is 2. The van der Waals surface area contributed by atoms with Gasteiger partial charge in [0, 0.05) is 62.8 Å². The van der Waals surface area contributed by atoms with Gasteiger partial charge in [0.15, 0.2) is 0 Å². The lowest BCUT2D eigenvalue weighted by atomic mass is 10.1. The summed E-state index contributed by atoms with van der Waals surface area (Å²) in [6.45, 7) is 12.0. The fraction of sp³-hybridized carbons (Fsp3) is 0.593. The highest BCUT2D eigenvalue weighted by Crippen LogP contribution is 2.29. The predicted octanol–water partition coefficient (Wildman–Crippen LogP) is 4.91. The van der Waals surface area contributed by atoms with Crippen LogP contribution in [0.2, 0.25) is 5.02 Å². The second kappa shape index (κ2) is 13.1. The molecule has 0 bridgehead atoms. The van der Waals surface area contributed by atoms with Crippen LogP contribution in [0, 0.1) is 5.92 Å². The molecule has 7 nitrogen and oxygen atoms in total. The fourth-order valence-corrected chi connectivity index (χ4v) is 4.75. The van der Waals surface area contributed by atoms with Crippen molar-refractivity contribution < 1.29 is 9.59 Å². The summed E-state index contributed by atoms with van der Waals surface area (Å²) in [6, 6.07) is 6.07. The molecule has 2 heterocycles. The Labute approximate surface area is 214 Å². The monoisotopic (exact) mass is 501 g/mol. The first kappa shape index (κ1) is 27.2. The summed E-state index contributed by atoms with van der Waals surface area (Å²) in [5, 5.41) is 7.41. The number of halogens is 1. The number of hydrogen-bond donors (Lipinski definition) is 1. The van der Waals surface area contributed by atoms with Gasteiger partial charge in [-0.25, -0.2) is 0 Å². The van der Waals surface area contributed by atoms with Crippen LogP contribution in [0.1, 0.15) is 64.5 Å². The third-order valence-corrected chi connectivity index (χ3v) is 6.80. The summed E-state index contributed by atoms with van der Waals surface area (Å²) in [5.74, 6) is 0.512. The van der Waals surface area contributed by atoms with Crippen molar-refractivity contribution in [2.45, 2.75) is 72.4 Å². The van der Waals surface area contributed by atoms with E-state index in [-0.39, 0.29) is 17.7 Å². The largest absolute Gasteiger partial charge is 0.337 e. The molecule has 0 atom stereocenters. The molecule has 0 saturated heterocycles. The Morgan fingerprint density at radius 3 is 2.57 bits per heavy atom. The summed E-state index contributed by atoms with van der Waals surface area (Å²) in [6.07, 6.45) is 7.10. The smallest absolute Gasteiger partial charge is 0.227 e. The Balaban J connectivity index is 1.87. The van der Waals surface area contributed by atoms with Gasteiger partial charge in [-0.3, -0.25) is 19.6 Å². The normalized spacial score (nSPS) is 15.9. The molecular formula is C27H40ClN5O2. The zero-order chi connectivity index (χ0) is 25.4. The minimum atomic E-state index is 0.108. The van der Waals surface area contributed by atoms with Crippen molar-refractivity contribution in [2.75, 3.05) is 31.1 Å². The van der Waals surface area contributed by atoms with E-state index in [9.17, 15) is 9.59 Å². The molecule has 1 aromatic carbocycles. The van der Waals surface area contributed by atoms with E-state index in [4.69, 9.17) is 11.6 Å². The molecule has 35 heavy (non-hydrogen) atoms. The molecule has 0 unspecified atom stereocenters. The van der Waals surface area contributed by atoms with E-state index >= 15 is 0 Å². The highest BCUT2D eigenvalue weighted by atomic mass is 35.5. The number of nitrogens with zero attached hydrogens (tertiary/aromatic N) is 4. The van der Waals surface area contributed by atoms with E-state index in [1.807, 2.05) is 34.2 Å². The summed E-state index contributed by atoms with van der Waals surface area (Å²) in [5.41, 5.74) is 2.91. The lowest BCUT2D eigenvalue weighted by molar-refractivity contribution is -0.132. The molecule has 2 amide bonds. The number of fused-ring (bicyclic) bond motifs is 1. The Morgan fingerprint density at radius 2 is 1.89 bits per heavy atom. The maximum atomic E-state index is 13.4. The molecule has 0 fully saturated rings. The van der Waals surface area contributed by atoms with Gasteiger partial charge in [-0.1, -0.05) is 31.5 Å². The van der Waals surface area contributed by atoms with Gasteiger partial charge in [0.2, 0.25) is 11.8 Å². The predicted molar refractivity (Wildman–Crippen MR) is 142 cm³/mol. The number of aromatic amines is 1. The molecular weight excluding hydrogens is 462 g/mol. The first-order chi connectivity index (χ1) is 16.7. The number of nitrogens with one attached hydrogen (secondary N) is 1. The highest BCUT2D eigenvalue weighted by Gasteiger charge is 2.25. The van der Waals surface area contributed by atoms with E-state index in [0.717, 1.165) is 49.2 Å². The number of hydrogen-bond acceptors (Lipinski definition) is 4. The van der Waals surface area contributed by atoms with Crippen LogP contribution < -0.4 is 4.90 Å². The first-order valence-electron chi connectivity index (χ1n) is 12.8. The fourth-order valence-electron chi connectivity index (χ4n) is 4.58. The van der Waals surface area contributed by atoms with Crippen molar-refractivity contribution in [1.82, 2.24) is 20.0 Å². The second-order valence-corrected chi connectivity index (χ2v) is 10.6. The molecule has 1 aliphatic heterocycles. The molecule has 1 aromatic heterocycles. The molecule has 192 valence electrons. The average Bonchev–Trinajstić information content (AvgIpc) is 3.30. The van der Waals surface area contributed by atoms with Crippen molar-refractivity contribution in [2.24, 2.45) is 5.92 Å². The minimum Gasteiger partial charge on any atom is -0.337 e. The van der Waals surface area contributed by atoms with Gasteiger partial charge >= 0.3 is 0 Å². The number of benzene rings is 1. The minimum absolute atomic E-state index is 0.108. The SMILES string of the molecule is CC(C)CC(=O)N1CCCN(C(C)C)CCN(C(=O)CCCc2cn[nH]c2)Cc2ccc(Cl)cc21. The topological polar surface area (TPSA) is 72.5 Å². The molecule has 1 aliphatic rings. The Morgan fingerprint density at radius 1 is 1.09 bits per heavy atom. The standard InChI is InChI=1S/C27H40ClN5O2/c1-20(2)15-27(35)33-12-6-11-31(21(3)4)13-14-32(19-23-9-10-24(28)16-25(23)33)26(34)8-5-7-22-17-29-30-18-22/h9-10,16-18,20-21H,5-8,11-15,19H2,1-4H3,(H,29,30). The van der Waals surface area contributed by atoms with Crippen LogP contribution in [0.5, 0.6) is 0 Å². The molecule has 2 aromatic rings. The summed E-state index contributed by atoms with van der Waals surface area (Å²) in [7, 11) is 0. The van der Waals surface area contributed by atoms with E-state index in [1.54, 1.807) is 6.20 Å². The third kappa shape index (κ3) is 8.07. The molecule has 0 aliphatic carbocycles. The summed E-state index contributed by atoms with van der Waals surface area (Å²) < 4.78 is 0.